The van der Waals surface area contributed by atoms with E-state index in [1.807, 2.05) is 18.2 Å². The molecule has 158 valence electrons. The third kappa shape index (κ3) is 8.21. The molecule has 3 N–H and O–H groups in total. The van der Waals surface area contributed by atoms with Crippen LogP contribution in [0.3, 0.4) is 0 Å². The zero-order valence-corrected chi connectivity index (χ0v) is 18.3. The van der Waals surface area contributed by atoms with E-state index in [1.54, 1.807) is 20.2 Å². The summed E-state index contributed by atoms with van der Waals surface area (Å²) in [6.07, 6.45) is -2.83. The minimum atomic E-state index is -4.17. The van der Waals surface area contributed by atoms with Gasteiger partial charge in [-0.3, -0.25) is 14.7 Å². The smallest absolute Gasteiger partial charge is 0.356 e. The number of carbonyl (C=O) groups excluding carboxylic acids is 1. The lowest BCUT2D eigenvalue weighted by Gasteiger charge is -2.19. The number of rotatable bonds is 6. The Morgan fingerprint density at radius 3 is 2.75 bits per heavy atom. The Labute approximate surface area is 180 Å². The van der Waals surface area contributed by atoms with Crippen molar-refractivity contribution in [1.82, 2.24) is 20.9 Å². The van der Waals surface area contributed by atoms with E-state index in [9.17, 15) is 18.0 Å². The molecule has 1 heterocycles. The van der Waals surface area contributed by atoms with Gasteiger partial charge in [0, 0.05) is 45.3 Å². The van der Waals surface area contributed by atoms with E-state index in [1.165, 1.54) is 4.90 Å². The predicted molar refractivity (Wildman–Crippen MR) is 114 cm³/mol. The van der Waals surface area contributed by atoms with Gasteiger partial charge >= 0.3 is 6.18 Å². The first kappa shape index (κ1) is 24.5. The number of hydrogen-bond acceptors (Lipinski definition) is 3. The van der Waals surface area contributed by atoms with Gasteiger partial charge in [-0.1, -0.05) is 12.1 Å². The average Bonchev–Trinajstić information content (AvgIpc) is 3.05. The normalized spacial score (nSPS) is 17.8. The highest BCUT2D eigenvalue weighted by Crippen LogP contribution is 2.19. The van der Waals surface area contributed by atoms with Crippen molar-refractivity contribution in [3.8, 4) is 0 Å². The minimum absolute atomic E-state index is 0. The Balaban J connectivity index is 0.00000392. The number of guanidine groups is 1. The van der Waals surface area contributed by atoms with Crippen molar-refractivity contribution in [3.63, 3.8) is 0 Å². The molecule has 1 unspecified atom stereocenters. The van der Waals surface area contributed by atoms with E-state index in [2.05, 4.69) is 20.9 Å². The number of nitrogens with zero attached hydrogens (tertiary/aromatic N) is 2. The molecule has 6 nitrogen and oxygen atoms in total. The van der Waals surface area contributed by atoms with Crippen LogP contribution < -0.4 is 16.0 Å². The molecular formula is C18H27F3IN5O. The molecule has 1 aliphatic rings. The Morgan fingerprint density at radius 1 is 1.36 bits per heavy atom. The van der Waals surface area contributed by atoms with Crippen LogP contribution in [-0.2, 0) is 6.42 Å². The van der Waals surface area contributed by atoms with Crippen molar-refractivity contribution in [1.29, 1.82) is 0 Å². The quantitative estimate of drug-likeness (QED) is 0.310. The Kier molecular flexibility index (Phi) is 10.0. The molecule has 1 atom stereocenters. The molecule has 28 heavy (non-hydrogen) atoms. The molecule has 0 spiro atoms. The molecule has 1 fully saturated rings. The van der Waals surface area contributed by atoms with Gasteiger partial charge in [0.05, 0.1) is 6.54 Å². The van der Waals surface area contributed by atoms with Gasteiger partial charge in [-0.05, 0) is 30.5 Å². The van der Waals surface area contributed by atoms with Crippen LogP contribution in [0.2, 0.25) is 0 Å². The zero-order chi connectivity index (χ0) is 19.9. The highest BCUT2D eigenvalue weighted by Gasteiger charge is 2.34. The highest BCUT2D eigenvalue weighted by molar-refractivity contribution is 14.0. The summed E-state index contributed by atoms with van der Waals surface area (Å²) in [5, 5.41) is 8.93. The van der Waals surface area contributed by atoms with Crippen molar-refractivity contribution >= 4 is 35.8 Å². The summed E-state index contributed by atoms with van der Waals surface area (Å²) in [7, 11) is 3.22. The number of halogens is 4. The van der Waals surface area contributed by atoms with Crippen LogP contribution in [0, 0.1) is 0 Å². The van der Waals surface area contributed by atoms with Gasteiger partial charge < -0.3 is 16.0 Å². The van der Waals surface area contributed by atoms with Gasteiger partial charge in [0.2, 0.25) is 0 Å². The summed E-state index contributed by atoms with van der Waals surface area (Å²) >= 11 is 0. The number of carbonyl (C=O) groups is 1. The lowest BCUT2D eigenvalue weighted by molar-refractivity contribution is -0.143. The molecule has 1 saturated heterocycles. The molecule has 1 aromatic rings. The summed E-state index contributed by atoms with van der Waals surface area (Å²) in [6, 6.07) is 7.30. The zero-order valence-electron chi connectivity index (χ0n) is 16.0. The van der Waals surface area contributed by atoms with Crippen molar-refractivity contribution in [2.45, 2.75) is 25.1 Å². The molecular weight excluding hydrogens is 486 g/mol. The minimum Gasteiger partial charge on any atom is -0.356 e. The van der Waals surface area contributed by atoms with Gasteiger partial charge in [-0.2, -0.15) is 13.2 Å². The highest BCUT2D eigenvalue weighted by atomic mass is 127. The Bertz CT molecular complexity index is 669. The summed E-state index contributed by atoms with van der Waals surface area (Å²) in [6.45, 7) is 0.476. The standard InChI is InChI=1S/C18H26F3N5O.HI/c1-22-16(27)14-5-3-4-13(10-14)6-8-24-17(23-2)25-15-7-9-26(11-15)12-18(19,20)21;/h3-5,10,15H,6-9,11-12H2,1-2H3,(H,22,27)(H2,23,24,25);1H. The van der Waals surface area contributed by atoms with Crippen LogP contribution >= 0.6 is 24.0 Å². The second-order valence-corrected chi connectivity index (χ2v) is 6.51. The van der Waals surface area contributed by atoms with Crippen molar-refractivity contribution in [2.75, 3.05) is 40.3 Å². The molecule has 1 aromatic carbocycles. The number of benzene rings is 1. The third-order valence-corrected chi connectivity index (χ3v) is 4.36. The number of hydrogen-bond donors (Lipinski definition) is 3. The van der Waals surface area contributed by atoms with E-state index in [-0.39, 0.29) is 35.9 Å². The fraction of sp³-hybridized carbons (Fsp3) is 0.556. The fourth-order valence-corrected chi connectivity index (χ4v) is 3.07. The summed E-state index contributed by atoms with van der Waals surface area (Å²) in [5.41, 5.74) is 1.62. The molecule has 0 radical (unpaired) electrons. The molecule has 10 heteroatoms. The van der Waals surface area contributed by atoms with E-state index < -0.39 is 12.7 Å². The van der Waals surface area contributed by atoms with Crippen LogP contribution in [0.1, 0.15) is 22.3 Å². The molecule has 1 aliphatic heterocycles. The maximum absolute atomic E-state index is 12.5. The van der Waals surface area contributed by atoms with Crippen molar-refractivity contribution in [2.24, 2.45) is 4.99 Å². The van der Waals surface area contributed by atoms with Crippen LogP contribution in [-0.4, -0.2) is 69.3 Å². The van der Waals surface area contributed by atoms with Crippen molar-refractivity contribution in [3.05, 3.63) is 35.4 Å². The van der Waals surface area contributed by atoms with E-state index >= 15 is 0 Å². The first-order valence-corrected chi connectivity index (χ1v) is 8.88. The topological polar surface area (TPSA) is 68.8 Å². The number of likely N-dealkylation sites (tertiary alicyclic amines) is 1. The van der Waals surface area contributed by atoms with Crippen LogP contribution in [0.15, 0.2) is 29.3 Å². The second kappa shape index (κ2) is 11.4. The van der Waals surface area contributed by atoms with Gasteiger partial charge in [0.15, 0.2) is 5.96 Å². The monoisotopic (exact) mass is 513 g/mol. The summed E-state index contributed by atoms with van der Waals surface area (Å²) in [4.78, 5) is 17.2. The fourth-order valence-electron chi connectivity index (χ4n) is 3.07. The van der Waals surface area contributed by atoms with Gasteiger partial charge in [0.1, 0.15) is 0 Å². The number of alkyl halides is 3. The van der Waals surface area contributed by atoms with Crippen molar-refractivity contribution < 1.29 is 18.0 Å². The van der Waals surface area contributed by atoms with Crippen LogP contribution in [0.25, 0.3) is 0 Å². The molecule has 1 amide bonds. The predicted octanol–water partition coefficient (Wildman–Crippen LogP) is 2.01. The Hall–Kier alpha value is -1.56. The second-order valence-electron chi connectivity index (χ2n) is 6.51. The molecule has 0 aliphatic carbocycles. The number of nitrogens with one attached hydrogen (secondary N) is 3. The molecule has 0 bridgehead atoms. The number of amides is 1. The molecule has 2 rings (SSSR count). The van der Waals surface area contributed by atoms with Gasteiger partial charge in [-0.15, -0.1) is 24.0 Å². The number of aliphatic imine (C=N–C) groups is 1. The maximum Gasteiger partial charge on any atom is 0.401 e. The SMILES string of the molecule is CN=C(NCCc1cccc(C(=O)NC)c1)NC1CCN(CC(F)(F)F)C1.I. The summed E-state index contributed by atoms with van der Waals surface area (Å²) in [5.74, 6) is 0.434. The lowest BCUT2D eigenvalue weighted by atomic mass is 10.1. The molecule has 0 aromatic heterocycles. The molecule has 0 saturated carbocycles. The van der Waals surface area contributed by atoms with E-state index in [0.717, 1.165) is 5.56 Å². The summed E-state index contributed by atoms with van der Waals surface area (Å²) < 4.78 is 37.4. The van der Waals surface area contributed by atoms with Crippen LogP contribution in [0.5, 0.6) is 0 Å². The van der Waals surface area contributed by atoms with Gasteiger partial charge in [-0.25, -0.2) is 0 Å². The maximum atomic E-state index is 12.5. The first-order chi connectivity index (χ1) is 12.8. The van der Waals surface area contributed by atoms with E-state index in [0.29, 0.717) is 44.0 Å². The first-order valence-electron chi connectivity index (χ1n) is 8.88. The van der Waals surface area contributed by atoms with Crippen LogP contribution in [0.4, 0.5) is 13.2 Å². The lowest BCUT2D eigenvalue weighted by Crippen LogP contribution is -2.45. The third-order valence-electron chi connectivity index (χ3n) is 4.36. The van der Waals surface area contributed by atoms with E-state index in [4.69, 9.17) is 0 Å². The largest absolute Gasteiger partial charge is 0.401 e. The average molecular weight is 513 g/mol. The van der Waals surface area contributed by atoms with Gasteiger partial charge in [0.25, 0.3) is 5.91 Å². The Morgan fingerprint density at radius 2 is 2.11 bits per heavy atom.